The fraction of sp³-hybridized carbons (Fsp3) is 0.0833. The highest BCUT2D eigenvalue weighted by Crippen LogP contribution is 2.19. The molecule has 3 aromatic rings. The molecule has 0 saturated carbocycles. The van der Waals surface area contributed by atoms with Crippen LogP contribution in [0.2, 0.25) is 0 Å². The summed E-state index contributed by atoms with van der Waals surface area (Å²) in [6.45, 7) is 0. The number of rotatable bonds is 3. The van der Waals surface area contributed by atoms with Crippen LogP contribution in [0.4, 0.5) is 0 Å². The summed E-state index contributed by atoms with van der Waals surface area (Å²) in [5.74, 6) is 0.872. The maximum atomic E-state index is 4.36. The van der Waals surface area contributed by atoms with Gasteiger partial charge in [-0.15, -0.1) is 0 Å². The molecule has 4 nitrogen and oxygen atoms in total. The summed E-state index contributed by atoms with van der Waals surface area (Å²) < 4.78 is 0. The third-order valence-corrected chi connectivity index (χ3v) is 3.30. The fourth-order valence-corrected chi connectivity index (χ4v) is 2.28. The number of benzene rings is 1. The van der Waals surface area contributed by atoms with Gasteiger partial charge in [0.1, 0.15) is 5.52 Å². The standard InChI is InChI=1S/C12H10N4S/c1-2-4-9(5-3-1)7-17-12-13-6-10-11(16-12)15-8-14-10/h1-6,8H,7H2,(H,13,14,15,16). The van der Waals surface area contributed by atoms with E-state index in [-0.39, 0.29) is 0 Å². The Morgan fingerprint density at radius 2 is 2.00 bits per heavy atom. The van der Waals surface area contributed by atoms with Crippen LogP contribution < -0.4 is 0 Å². The van der Waals surface area contributed by atoms with E-state index in [0.717, 1.165) is 22.1 Å². The van der Waals surface area contributed by atoms with Crippen LogP contribution in [0.3, 0.4) is 0 Å². The zero-order valence-electron chi connectivity index (χ0n) is 9.00. The predicted octanol–water partition coefficient (Wildman–Crippen LogP) is 2.65. The molecule has 0 saturated heterocycles. The average Bonchev–Trinajstić information content (AvgIpc) is 2.85. The van der Waals surface area contributed by atoms with Gasteiger partial charge in [-0.3, -0.25) is 0 Å². The molecule has 17 heavy (non-hydrogen) atoms. The van der Waals surface area contributed by atoms with E-state index in [4.69, 9.17) is 0 Å². The Balaban J connectivity index is 1.76. The molecule has 0 aliphatic carbocycles. The third-order valence-electron chi connectivity index (χ3n) is 2.36. The number of nitrogens with zero attached hydrogens (tertiary/aromatic N) is 3. The molecule has 0 fully saturated rings. The van der Waals surface area contributed by atoms with E-state index in [1.165, 1.54) is 5.56 Å². The molecule has 2 aromatic heterocycles. The van der Waals surface area contributed by atoms with Gasteiger partial charge in [-0.1, -0.05) is 42.1 Å². The number of thioether (sulfide) groups is 1. The highest BCUT2D eigenvalue weighted by Gasteiger charge is 2.02. The lowest BCUT2D eigenvalue weighted by Crippen LogP contribution is -1.88. The number of hydrogen-bond acceptors (Lipinski definition) is 4. The van der Waals surface area contributed by atoms with Crippen LogP contribution in [0, 0.1) is 0 Å². The Labute approximate surface area is 103 Å². The van der Waals surface area contributed by atoms with Gasteiger partial charge >= 0.3 is 0 Å². The quantitative estimate of drug-likeness (QED) is 0.566. The molecule has 0 aliphatic rings. The minimum Gasteiger partial charge on any atom is -0.342 e. The first kappa shape index (κ1) is 10.3. The molecule has 0 amide bonds. The largest absolute Gasteiger partial charge is 0.342 e. The molecule has 2 heterocycles. The summed E-state index contributed by atoms with van der Waals surface area (Å²) in [5, 5.41) is 0.758. The highest BCUT2D eigenvalue weighted by atomic mass is 32.2. The van der Waals surface area contributed by atoms with Crippen molar-refractivity contribution in [3.8, 4) is 0 Å². The van der Waals surface area contributed by atoms with Crippen LogP contribution in [0.15, 0.2) is 48.0 Å². The summed E-state index contributed by atoms with van der Waals surface area (Å²) in [6, 6.07) is 10.3. The lowest BCUT2D eigenvalue weighted by molar-refractivity contribution is 0.992. The van der Waals surface area contributed by atoms with Crippen LogP contribution in [0.5, 0.6) is 0 Å². The lowest BCUT2D eigenvalue weighted by Gasteiger charge is -1.99. The van der Waals surface area contributed by atoms with Crippen LogP contribution in [-0.2, 0) is 5.75 Å². The highest BCUT2D eigenvalue weighted by molar-refractivity contribution is 7.98. The van der Waals surface area contributed by atoms with Crippen LogP contribution >= 0.6 is 11.8 Å². The molecule has 1 aromatic carbocycles. The Morgan fingerprint density at radius 3 is 2.88 bits per heavy atom. The first-order valence-electron chi connectivity index (χ1n) is 5.25. The number of aromatic nitrogens is 4. The molecule has 84 valence electrons. The van der Waals surface area contributed by atoms with E-state index in [1.54, 1.807) is 24.3 Å². The first-order chi connectivity index (χ1) is 8.42. The molecule has 0 spiro atoms. The second kappa shape index (κ2) is 4.55. The molecular weight excluding hydrogens is 232 g/mol. The zero-order chi connectivity index (χ0) is 11.5. The van der Waals surface area contributed by atoms with E-state index in [2.05, 4.69) is 32.1 Å². The van der Waals surface area contributed by atoms with Gasteiger partial charge < -0.3 is 4.98 Å². The predicted molar refractivity (Wildman–Crippen MR) is 67.7 cm³/mol. The summed E-state index contributed by atoms with van der Waals surface area (Å²) in [5.41, 5.74) is 2.85. The van der Waals surface area contributed by atoms with E-state index in [1.807, 2.05) is 18.2 Å². The monoisotopic (exact) mass is 242 g/mol. The smallest absolute Gasteiger partial charge is 0.190 e. The molecule has 1 N–H and O–H groups in total. The van der Waals surface area contributed by atoms with Gasteiger partial charge in [-0.2, -0.15) is 0 Å². The Bertz CT molecular complexity index is 620. The fourth-order valence-electron chi connectivity index (χ4n) is 1.51. The zero-order valence-corrected chi connectivity index (χ0v) is 9.81. The Hall–Kier alpha value is -1.88. The van der Waals surface area contributed by atoms with Gasteiger partial charge in [0, 0.05) is 5.75 Å². The molecule has 0 radical (unpaired) electrons. The summed E-state index contributed by atoms with van der Waals surface area (Å²) >= 11 is 1.62. The van der Waals surface area contributed by atoms with Crippen molar-refractivity contribution in [2.45, 2.75) is 10.9 Å². The Kier molecular flexibility index (Phi) is 2.75. The van der Waals surface area contributed by atoms with Gasteiger partial charge in [0.15, 0.2) is 10.8 Å². The van der Waals surface area contributed by atoms with Gasteiger partial charge in [-0.05, 0) is 5.56 Å². The van der Waals surface area contributed by atoms with Crippen LogP contribution in [0.25, 0.3) is 11.2 Å². The van der Waals surface area contributed by atoms with Gasteiger partial charge in [-0.25, -0.2) is 15.0 Å². The summed E-state index contributed by atoms with van der Waals surface area (Å²) in [7, 11) is 0. The second-order valence-electron chi connectivity index (χ2n) is 3.57. The maximum absolute atomic E-state index is 4.36. The Morgan fingerprint density at radius 1 is 1.12 bits per heavy atom. The SMILES string of the molecule is c1ccc(CSc2ncc3[nH]cnc3n2)cc1. The van der Waals surface area contributed by atoms with Gasteiger partial charge in [0.2, 0.25) is 0 Å². The normalized spacial score (nSPS) is 10.8. The minimum atomic E-state index is 0.718. The van der Waals surface area contributed by atoms with Crippen molar-refractivity contribution >= 4 is 22.9 Å². The maximum Gasteiger partial charge on any atom is 0.190 e. The number of hydrogen-bond donors (Lipinski definition) is 1. The lowest BCUT2D eigenvalue weighted by atomic mass is 10.2. The summed E-state index contributed by atoms with van der Waals surface area (Å²) in [6.07, 6.45) is 3.40. The van der Waals surface area contributed by atoms with Crippen molar-refractivity contribution in [2.24, 2.45) is 0 Å². The van der Waals surface area contributed by atoms with Crippen LogP contribution in [-0.4, -0.2) is 19.9 Å². The van der Waals surface area contributed by atoms with E-state index >= 15 is 0 Å². The molecule has 3 rings (SSSR count). The number of aromatic amines is 1. The van der Waals surface area contributed by atoms with Gasteiger partial charge in [0.05, 0.1) is 12.5 Å². The van der Waals surface area contributed by atoms with Crippen molar-refractivity contribution in [1.29, 1.82) is 0 Å². The van der Waals surface area contributed by atoms with Gasteiger partial charge in [0.25, 0.3) is 0 Å². The minimum absolute atomic E-state index is 0.718. The number of imidazole rings is 1. The molecule has 0 unspecified atom stereocenters. The second-order valence-corrected chi connectivity index (χ2v) is 4.51. The number of nitrogens with one attached hydrogen (secondary N) is 1. The summed E-state index contributed by atoms with van der Waals surface area (Å²) in [4.78, 5) is 15.7. The van der Waals surface area contributed by atoms with E-state index < -0.39 is 0 Å². The first-order valence-corrected chi connectivity index (χ1v) is 6.23. The third kappa shape index (κ3) is 2.29. The number of H-pyrrole nitrogens is 1. The average molecular weight is 242 g/mol. The van der Waals surface area contributed by atoms with Crippen LogP contribution in [0.1, 0.15) is 5.56 Å². The van der Waals surface area contributed by atoms with Crippen molar-refractivity contribution < 1.29 is 0 Å². The van der Waals surface area contributed by atoms with Crippen molar-refractivity contribution in [1.82, 2.24) is 19.9 Å². The molecule has 0 atom stereocenters. The van der Waals surface area contributed by atoms with E-state index in [9.17, 15) is 0 Å². The molecule has 0 aliphatic heterocycles. The van der Waals surface area contributed by atoms with Crippen molar-refractivity contribution in [3.63, 3.8) is 0 Å². The van der Waals surface area contributed by atoms with Crippen molar-refractivity contribution in [3.05, 3.63) is 48.4 Å². The van der Waals surface area contributed by atoms with E-state index in [0.29, 0.717) is 0 Å². The molecule has 0 bridgehead atoms. The molecular formula is C12H10N4S. The molecule has 5 heteroatoms. The topological polar surface area (TPSA) is 54.5 Å². The number of fused-ring (bicyclic) bond motifs is 1. The van der Waals surface area contributed by atoms with Crippen molar-refractivity contribution in [2.75, 3.05) is 0 Å².